The molecule has 0 radical (unpaired) electrons. The molecule has 0 unspecified atom stereocenters. The summed E-state index contributed by atoms with van der Waals surface area (Å²) in [6.45, 7) is 5.65. The zero-order valence-corrected chi connectivity index (χ0v) is 16.2. The van der Waals surface area contributed by atoms with Crippen molar-refractivity contribution in [3.05, 3.63) is 34.2 Å². The molecule has 1 amide bonds. The van der Waals surface area contributed by atoms with Crippen molar-refractivity contribution in [3.8, 4) is 17.0 Å². The van der Waals surface area contributed by atoms with E-state index in [0.717, 1.165) is 0 Å². The first-order chi connectivity index (χ1) is 12.2. The van der Waals surface area contributed by atoms with E-state index in [4.69, 9.17) is 14.2 Å². The van der Waals surface area contributed by atoms with Crippen LogP contribution in [-0.4, -0.2) is 36.9 Å². The summed E-state index contributed by atoms with van der Waals surface area (Å²) in [6, 6.07) is 5.00. The molecule has 1 aromatic carbocycles. The zero-order chi connectivity index (χ0) is 19.3. The van der Waals surface area contributed by atoms with Gasteiger partial charge in [0.15, 0.2) is 0 Å². The topological polar surface area (TPSA) is 86.8 Å². The number of nitrogens with one attached hydrogen (secondary N) is 1. The number of hydrogen-bond donors (Lipinski definition) is 1. The molecule has 0 aliphatic rings. The van der Waals surface area contributed by atoms with Gasteiger partial charge < -0.3 is 19.5 Å². The van der Waals surface area contributed by atoms with Crippen LogP contribution in [0.4, 0.5) is 4.79 Å². The van der Waals surface area contributed by atoms with E-state index in [2.05, 4.69) is 10.3 Å². The Kier molecular flexibility index (Phi) is 6.20. The first-order valence-electron chi connectivity index (χ1n) is 7.91. The van der Waals surface area contributed by atoms with Gasteiger partial charge in [-0.2, -0.15) is 0 Å². The third-order valence-electron chi connectivity index (χ3n) is 3.23. The SMILES string of the molecule is COC(=O)c1ccc(OC)c(-c2csc(CNC(=O)OC(C)(C)C)n2)c1. The lowest BCUT2D eigenvalue weighted by molar-refractivity contribution is 0.0522. The first-order valence-corrected chi connectivity index (χ1v) is 8.79. The number of aromatic nitrogens is 1. The molecule has 0 saturated carbocycles. The predicted molar refractivity (Wildman–Crippen MR) is 98.5 cm³/mol. The van der Waals surface area contributed by atoms with E-state index < -0.39 is 17.7 Å². The van der Waals surface area contributed by atoms with Gasteiger partial charge in [0, 0.05) is 10.9 Å². The van der Waals surface area contributed by atoms with Gasteiger partial charge in [0.1, 0.15) is 16.4 Å². The van der Waals surface area contributed by atoms with Crippen LogP contribution in [-0.2, 0) is 16.0 Å². The maximum absolute atomic E-state index is 11.8. The summed E-state index contributed by atoms with van der Waals surface area (Å²) in [5.74, 6) is 0.158. The molecule has 1 aromatic heterocycles. The number of carbonyl (C=O) groups is 2. The Morgan fingerprint density at radius 1 is 1.23 bits per heavy atom. The normalized spacial score (nSPS) is 11.0. The number of amides is 1. The van der Waals surface area contributed by atoms with E-state index in [0.29, 0.717) is 27.6 Å². The fourth-order valence-corrected chi connectivity index (χ4v) is 2.86. The minimum atomic E-state index is -0.556. The smallest absolute Gasteiger partial charge is 0.408 e. The Bertz CT molecular complexity index is 795. The molecule has 26 heavy (non-hydrogen) atoms. The number of benzene rings is 1. The van der Waals surface area contributed by atoms with Gasteiger partial charge in [0.25, 0.3) is 0 Å². The standard InChI is InChI=1S/C18H22N2O5S/c1-18(2,3)25-17(22)19-9-15-20-13(10-26-15)12-8-11(16(21)24-5)6-7-14(12)23-4/h6-8,10H,9H2,1-5H3,(H,19,22). The Balaban J connectivity index is 2.16. The van der Waals surface area contributed by atoms with Crippen molar-refractivity contribution in [2.45, 2.75) is 32.9 Å². The van der Waals surface area contributed by atoms with E-state index in [-0.39, 0.29) is 6.54 Å². The molecule has 2 aromatic rings. The molecule has 0 aliphatic heterocycles. The van der Waals surface area contributed by atoms with Crippen LogP contribution in [0.25, 0.3) is 11.3 Å². The minimum absolute atomic E-state index is 0.249. The summed E-state index contributed by atoms with van der Waals surface area (Å²) in [5, 5.41) is 5.21. The molecule has 7 nitrogen and oxygen atoms in total. The quantitative estimate of drug-likeness (QED) is 0.800. The summed E-state index contributed by atoms with van der Waals surface area (Å²) >= 11 is 1.39. The van der Waals surface area contributed by atoms with Crippen molar-refractivity contribution in [1.82, 2.24) is 10.3 Å². The molecule has 0 spiro atoms. The summed E-state index contributed by atoms with van der Waals surface area (Å²) in [4.78, 5) is 28.0. The number of rotatable bonds is 5. The second kappa shape index (κ2) is 8.18. The molecule has 140 valence electrons. The Labute approximate surface area is 156 Å². The molecular weight excluding hydrogens is 356 g/mol. The highest BCUT2D eigenvalue weighted by Crippen LogP contribution is 2.32. The molecule has 0 saturated heterocycles. The number of nitrogens with zero attached hydrogens (tertiary/aromatic N) is 1. The lowest BCUT2D eigenvalue weighted by Gasteiger charge is -2.19. The van der Waals surface area contributed by atoms with Crippen LogP contribution in [0.5, 0.6) is 5.75 Å². The summed E-state index contributed by atoms with van der Waals surface area (Å²) in [6.07, 6.45) is -0.500. The van der Waals surface area contributed by atoms with Crippen LogP contribution in [0.3, 0.4) is 0 Å². The van der Waals surface area contributed by atoms with Crippen molar-refractivity contribution in [2.24, 2.45) is 0 Å². The highest BCUT2D eigenvalue weighted by atomic mass is 32.1. The van der Waals surface area contributed by atoms with E-state index in [1.165, 1.54) is 18.4 Å². The van der Waals surface area contributed by atoms with Crippen molar-refractivity contribution in [2.75, 3.05) is 14.2 Å². The van der Waals surface area contributed by atoms with Gasteiger partial charge in [-0.3, -0.25) is 0 Å². The zero-order valence-electron chi connectivity index (χ0n) is 15.4. The fourth-order valence-electron chi connectivity index (χ4n) is 2.13. The number of alkyl carbamates (subject to hydrolysis) is 1. The fraction of sp³-hybridized carbons (Fsp3) is 0.389. The van der Waals surface area contributed by atoms with Crippen LogP contribution in [0.1, 0.15) is 36.1 Å². The number of ether oxygens (including phenoxy) is 3. The Morgan fingerprint density at radius 3 is 2.58 bits per heavy atom. The van der Waals surface area contributed by atoms with Gasteiger partial charge in [0.05, 0.1) is 32.0 Å². The van der Waals surface area contributed by atoms with E-state index in [9.17, 15) is 9.59 Å². The van der Waals surface area contributed by atoms with E-state index in [1.807, 2.05) is 5.38 Å². The van der Waals surface area contributed by atoms with Crippen molar-refractivity contribution < 1.29 is 23.8 Å². The summed E-state index contributed by atoms with van der Waals surface area (Å²) in [7, 11) is 2.88. The molecule has 2 rings (SSSR count). The first kappa shape index (κ1) is 19.7. The molecule has 1 heterocycles. The maximum Gasteiger partial charge on any atom is 0.408 e. The molecule has 0 bridgehead atoms. The predicted octanol–water partition coefficient (Wildman–Crippen LogP) is 3.63. The van der Waals surface area contributed by atoms with E-state index >= 15 is 0 Å². The molecule has 0 fully saturated rings. The number of methoxy groups -OCH3 is 2. The third kappa shape index (κ3) is 5.19. The average molecular weight is 378 g/mol. The lowest BCUT2D eigenvalue weighted by Crippen LogP contribution is -2.32. The van der Waals surface area contributed by atoms with Crippen LogP contribution >= 0.6 is 11.3 Å². The molecule has 0 aliphatic carbocycles. The lowest BCUT2D eigenvalue weighted by atomic mass is 10.1. The highest BCUT2D eigenvalue weighted by molar-refractivity contribution is 7.09. The van der Waals surface area contributed by atoms with Gasteiger partial charge in [0.2, 0.25) is 0 Å². The summed E-state index contributed by atoms with van der Waals surface area (Å²) < 4.78 is 15.3. The molecule has 8 heteroatoms. The van der Waals surface area contributed by atoms with Crippen LogP contribution in [0, 0.1) is 0 Å². The van der Waals surface area contributed by atoms with Crippen molar-refractivity contribution in [1.29, 1.82) is 0 Å². The van der Waals surface area contributed by atoms with Crippen molar-refractivity contribution >= 4 is 23.4 Å². The van der Waals surface area contributed by atoms with Gasteiger partial charge in [-0.25, -0.2) is 14.6 Å². The van der Waals surface area contributed by atoms with Gasteiger partial charge >= 0.3 is 12.1 Å². The van der Waals surface area contributed by atoms with Crippen molar-refractivity contribution in [3.63, 3.8) is 0 Å². The molecule has 1 N–H and O–H groups in total. The largest absolute Gasteiger partial charge is 0.496 e. The Hall–Kier alpha value is -2.61. The van der Waals surface area contributed by atoms with Crippen LogP contribution in [0.2, 0.25) is 0 Å². The number of hydrogen-bond acceptors (Lipinski definition) is 7. The monoisotopic (exact) mass is 378 g/mol. The second-order valence-corrected chi connectivity index (χ2v) is 7.33. The molecular formula is C18H22N2O5S. The summed E-state index contributed by atoms with van der Waals surface area (Å²) in [5.41, 5.74) is 1.18. The van der Waals surface area contributed by atoms with Gasteiger partial charge in [-0.15, -0.1) is 11.3 Å². The second-order valence-electron chi connectivity index (χ2n) is 6.39. The van der Waals surface area contributed by atoms with Crippen LogP contribution in [0.15, 0.2) is 23.6 Å². The third-order valence-corrected chi connectivity index (χ3v) is 4.08. The van der Waals surface area contributed by atoms with Gasteiger partial charge in [-0.05, 0) is 39.0 Å². The van der Waals surface area contributed by atoms with Gasteiger partial charge in [-0.1, -0.05) is 0 Å². The number of esters is 1. The number of carbonyl (C=O) groups excluding carboxylic acids is 2. The maximum atomic E-state index is 11.8. The average Bonchev–Trinajstić information content (AvgIpc) is 3.06. The number of thiazole rings is 1. The highest BCUT2D eigenvalue weighted by Gasteiger charge is 2.17. The Morgan fingerprint density at radius 2 is 1.96 bits per heavy atom. The molecule has 0 atom stereocenters. The van der Waals surface area contributed by atoms with Crippen LogP contribution < -0.4 is 10.1 Å². The van der Waals surface area contributed by atoms with E-state index in [1.54, 1.807) is 46.1 Å². The minimum Gasteiger partial charge on any atom is -0.496 e.